The van der Waals surface area contributed by atoms with Gasteiger partial charge in [0.2, 0.25) is 5.91 Å². The first-order chi connectivity index (χ1) is 14.9. The van der Waals surface area contributed by atoms with Crippen molar-refractivity contribution in [3.05, 3.63) is 65.7 Å². The molecule has 0 radical (unpaired) electrons. The fraction of sp³-hybridized carbons (Fsp3) is 0.391. The number of pyridine rings is 1. The molecule has 2 aliphatic heterocycles. The average molecular weight is 424 g/mol. The van der Waals surface area contributed by atoms with Crippen molar-refractivity contribution in [2.24, 2.45) is 0 Å². The van der Waals surface area contributed by atoms with E-state index in [0.717, 1.165) is 36.1 Å². The molecule has 0 spiro atoms. The summed E-state index contributed by atoms with van der Waals surface area (Å²) in [4.78, 5) is 45.8. The van der Waals surface area contributed by atoms with Crippen LogP contribution in [0.15, 0.2) is 48.8 Å². The molecule has 2 aromatic rings. The van der Waals surface area contributed by atoms with Crippen LogP contribution in [-0.4, -0.2) is 45.7 Å². The maximum Gasteiger partial charge on any atom is 0.325 e. The number of hydrogen-bond donors (Lipinski definition) is 1. The summed E-state index contributed by atoms with van der Waals surface area (Å²) >= 11 is 0. The topological polar surface area (TPSA) is 82.6 Å². The molecule has 0 saturated carbocycles. The first-order valence-corrected chi connectivity index (χ1v) is 10.5. The van der Waals surface area contributed by atoms with Crippen LogP contribution >= 0.6 is 0 Å². The normalized spacial score (nSPS) is 24.1. The Morgan fingerprint density at radius 1 is 1.13 bits per heavy atom. The number of halogens is 1. The Morgan fingerprint density at radius 2 is 1.84 bits per heavy atom. The number of urea groups is 1. The van der Waals surface area contributed by atoms with Gasteiger partial charge in [0, 0.05) is 18.9 Å². The van der Waals surface area contributed by atoms with E-state index in [1.807, 2.05) is 12.1 Å². The largest absolute Gasteiger partial charge is 0.334 e. The van der Waals surface area contributed by atoms with Crippen LogP contribution in [0.2, 0.25) is 0 Å². The van der Waals surface area contributed by atoms with Crippen molar-refractivity contribution in [3.63, 3.8) is 0 Å². The fourth-order valence-electron chi connectivity index (χ4n) is 4.38. The van der Waals surface area contributed by atoms with Gasteiger partial charge in [-0.05, 0) is 55.2 Å². The predicted molar refractivity (Wildman–Crippen MR) is 111 cm³/mol. The van der Waals surface area contributed by atoms with Gasteiger partial charge in [-0.3, -0.25) is 19.5 Å². The fourth-order valence-corrected chi connectivity index (χ4v) is 4.38. The summed E-state index contributed by atoms with van der Waals surface area (Å²) < 4.78 is 13.3. The third-order valence-corrected chi connectivity index (χ3v) is 6.15. The van der Waals surface area contributed by atoms with E-state index >= 15 is 0 Å². The molecule has 0 bridgehead atoms. The van der Waals surface area contributed by atoms with E-state index in [-0.39, 0.29) is 18.5 Å². The first-order valence-electron chi connectivity index (χ1n) is 10.5. The molecular formula is C23H25FN4O3. The van der Waals surface area contributed by atoms with E-state index in [1.54, 1.807) is 24.2 Å². The summed E-state index contributed by atoms with van der Waals surface area (Å²) in [5.41, 5.74) is 0.124. The number of carbonyl (C=O) groups is 3. The van der Waals surface area contributed by atoms with E-state index < -0.39 is 23.3 Å². The van der Waals surface area contributed by atoms with Gasteiger partial charge in [-0.1, -0.05) is 25.0 Å². The smallest absolute Gasteiger partial charge is 0.325 e. The minimum Gasteiger partial charge on any atom is -0.334 e. The molecule has 1 aromatic heterocycles. The number of nitrogens with zero attached hydrogens (tertiary/aromatic N) is 3. The summed E-state index contributed by atoms with van der Waals surface area (Å²) in [6, 6.07) is 8.47. The summed E-state index contributed by atoms with van der Waals surface area (Å²) in [7, 11) is 0. The molecular weight excluding hydrogens is 399 g/mol. The molecule has 8 heteroatoms. The van der Waals surface area contributed by atoms with Gasteiger partial charge in [-0.15, -0.1) is 0 Å². The van der Waals surface area contributed by atoms with E-state index in [4.69, 9.17) is 0 Å². The summed E-state index contributed by atoms with van der Waals surface area (Å²) in [6.07, 6.45) is 7.13. The van der Waals surface area contributed by atoms with Gasteiger partial charge >= 0.3 is 6.03 Å². The summed E-state index contributed by atoms with van der Waals surface area (Å²) in [5, 5.41) is 2.67. The number of likely N-dealkylation sites (tertiary alicyclic amines) is 1. The second kappa shape index (κ2) is 8.45. The number of imide groups is 1. The van der Waals surface area contributed by atoms with Crippen LogP contribution < -0.4 is 5.32 Å². The Morgan fingerprint density at radius 3 is 2.55 bits per heavy atom. The van der Waals surface area contributed by atoms with E-state index in [1.165, 1.54) is 24.3 Å². The van der Waals surface area contributed by atoms with E-state index in [2.05, 4.69) is 10.3 Å². The van der Waals surface area contributed by atoms with Gasteiger partial charge in [0.1, 0.15) is 17.9 Å². The Hall–Kier alpha value is -3.29. The Bertz CT molecular complexity index is 982. The average Bonchev–Trinajstić information content (AvgIpc) is 2.95. The quantitative estimate of drug-likeness (QED) is 0.765. The lowest BCUT2D eigenvalue weighted by atomic mass is 9.92. The van der Waals surface area contributed by atoms with Crippen molar-refractivity contribution in [2.45, 2.75) is 44.2 Å². The number of aromatic nitrogens is 1. The highest BCUT2D eigenvalue weighted by Gasteiger charge is 2.50. The standard InChI is InChI=1S/C23H25FN4O3/c1-23(17-6-8-18(24)9-7-17)21(30)28(22(31)26-23)15-20(29)27-14-4-2-3-5-19(27)16-10-12-25-13-11-16/h6-13,19H,2-5,14-15H2,1H3,(H,26,31). The van der Waals surface area contributed by atoms with Crippen molar-refractivity contribution in [1.29, 1.82) is 0 Å². The lowest BCUT2D eigenvalue weighted by Gasteiger charge is -2.31. The molecule has 2 aliphatic rings. The molecule has 2 fully saturated rings. The van der Waals surface area contributed by atoms with Gasteiger partial charge < -0.3 is 10.2 Å². The van der Waals surface area contributed by atoms with Crippen LogP contribution in [0.4, 0.5) is 9.18 Å². The lowest BCUT2D eigenvalue weighted by Crippen LogP contribution is -2.45. The zero-order valence-electron chi connectivity index (χ0n) is 17.4. The van der Waals surface area contributed by atoms with Gasteiger partial charge in [-0.25, -0.2) is 9.18 Å². The molecule has 2 saturated heterocycles. The summed E-state index contributed by atoms with van der Waals surface area (Å²) in [6.45, 7) is 1.81. The van der Waals surface area contributed by atoms with Crippen LogP contribution in [0.3, 0.4) is 0 Å². The highest BCUT2D eigenvalue weighted by Crippen LogP contribution is 2.32. The molecule has 1 N–H and O–H groups in total. The molecule has 7 nitrogen and oxygen atoms in total. The van der Waals surface area contributed by atoms with Gasteiger partial charge in [0.05, 0.1) is 6.04 Å². The van der Waals surface area contributed by atoms with E-state index in [0.29, 0.717) is 12.1 Å². The van der Waals surface area contributed by atoms with Crippen molar-refractivity contribution >= 4 is 17.8 Å². The highest BCUT2D eigenvalue weighted by molar-refractivity contribution is 6.09. The minimum absolute atomic E-state index is 0.109. The minimum atomic E-state index is -1.34. The molecule has 31 heavy (non-hydrogen) atoms. The molecule has 4 rings (SSSR count). The van der Waals surface area contributed by atoms with Crippen molar-refractivity contribution in [1.82, 2.24) is 20.1 Å². The summed E-state index contributed by atoms with van der Waals surface area (Å²) in [5.74, 6) is -1.22. The molecule has 3 heterocycles. The maximum atomic E-state index is 13.3. The number of carbonyl (C=O) groups excluding carboxylic acids is 3. The van der Waals surface area contributed by atoms with Crippen molar-refractivity contribution in [3.8, 4) is 0 Å². The molecule has 0 aliphatic carbocycles. The van der Waals surface area contributed by atoms with Crippen LogP contribution in [0, 0.1) is 5.82 Å². The Kier molecular flexibility index (Phi) is 5.71. The van der Waals surface area contributed by atoms with Crippen molar-refractivity contribution < 1.29 is 18.8 Å². The van der Waals surface area contributed by atoms with Crippen LogP contribution in [0.5, 0.6) is 0 Å². The second-order valence-corrected chi connectivity index (χ2v) is 8.19. The van der Waals surface area contributed by atoms with Gasteiger partial charge in [-0.2, -0.15) is 0 Å². The van der Waals surface area contributed by atoms with Crippen LogP contribution in [0.1, 0.15) is 49.8 Å². The molecule has 1 aromatic carbocycles. The Balaban J connectivity index is 1.55. The number of amides is 4. The molecule has 2 unspecified atom stereocenters. The highest BCUT2D eigenvalue weighted by atomic mass is 19.1. The molecule has 4 amide bonds. The van der Waals surface area contributed by atoms with E-state index in [9.17, 15) is 18.8 Å². The van der Waals surface area contributed by atoms with Gasteiger partial charge in [0.25, 0.3) is 5.91 Å². The second-order valence-electron chi connectivity index (χ2n) is 8.19. The number of benzene rings is 1. The number of rotatable bonds is 4. The Labute approximate surface area is 180 Å². The zero-order chi connectivity index (χ0) is 22.0. The third kappa shape index (κ3) is 4.02. The molecule has 162 valence electrons. The predicted octanol–water partition coefficient (Wildman–Crippen LogP) is 3.13. The first kappa shape index (κ1) is 21.0. The molecule has 2 atom stereocenters. The van der Waals surface area contributed by atoms with Crippen LogP contribution in [0.25, 0.3) is 0 Å². The van der Waals surface area contributed by atoms with Crippen LogP contribution in [-0.2, 0) is 15.1 Å². The SMILES string of the molecule is CC1(c2ccc(F)cc2)NC(=O)N(CC(=O)N2CCCCCC2c2ccncc2)C1=O. The van der Waals surface area contributed by atoms with Gasteiger partial charge in [0.15, 0.2) is 0 Å². The number of nitrogens with one attached hydrogen (secondary N) is 1. The third-order valence-electron chi connectivity index (χ3n) is 6.15. The monoisotopic (exact) mass is 424 g/mol. The van der Waals surface area contributed by atoms with Crippen molar-refractivity contribution in [2.75, 3.05) is 13.1 Å². The maximum absolute atomic E-state index is 13.3. The zero-order valence-corrected chi connectivity index (χ0v) is 17.4. The number of hydrogen-bond acceptors (Lipinski definition) is 4. The lowest BCUT2D eigenvalue weighted by molar-refractivity contribution is -0.140.